The molecule has 0 amide bonds. The molecule has 0 saturated carbocycles. The van der Waals surface area contributed by atoms with Gasteiger partial charge in [0.2, 0.25) is 15.0 Å². The first-order valence-electron chi connectivity index (χ1n) is 9.59. The van der Waals surface area contributed by atoms with E-state index < -0.39 is 9.84 Å². The van der Waals surface area contributed by atoms with E-state index in [2.05, 4.69) is 28.9 Å². The Labute approximate surface area is 175 Å². The molecule has 2 heterocycles. The third kappa shape index (κ3) is 3.54. The highest BCUT2D eigenvalue weighted by Gasteiger charge is 2.22. The Morgan fingerprint density at radius 3 is 2.33 bits per heavy atom. The van der Waals surface area contributed by atoms with Crippen molar-refractivity contribution in [1.82, 2.24) is 19.7 Å². The second-order valence-corrected chi connectivity index (χ2v) is 9.65. The van der Waals surface area contributed by atoms with Crippen molar-refractivity contribution in [2.45, 2.75) is 31.8 Å². The number of nitrogens with zero attached hydrogens (tertiary/aromatic N) is 4. The lowest BCUT2D eigenvalue weighted by Gasteiger charge is -2.09. The monoisotopic (exact) mass is 421 g/mol. The number of sulfone groups is 1. The van der Waals surface area contributed by atoms with E-state index in [0.29, 0.717) is 22.8 Å². The van der Waals surface area contributed by atoms with Crippen LogP contribution >= 0.6 is 0 Å². The molecule has 0 unspecified atom stereocenters. The summed E-state index contributed by atoms with van der Waals surface area (Å²) in [6.07, 6.45) is 1.08. The van der Waals surface area contributed by atoms with Gasteiger partial charge in [0.25, 0.3) is 0 Å². The van der Waals surface area contributed by atoms with Gasteiger partial charge in [-0.15, -0.1) is 5.10 Å². The number of rotatable bonds is 4. The first-order valence-corrected chi connectivity index (χ1v) is 11.5. The molecule has 0 bridgehead atoms. The van der Waals surface area contributed by atoms with Gasteiger partial charge in [0.15, 0.2) is 5.65 Å². The van der Waals surface area contributed by atoms with Gasteiger partial charge in [0.1, 0.15) is 5.82 Å². The van der Waals surface area contributed by atoms with Gasteiger partial charge in [-0.3, -0.25) is 0 Å². The van der Waals surface area contributed by atoms with Crippen LogP contribution in [-0.2, 0) is 9.84 Å². The fourth-order valence-corrected chi connectivity index (χ4v) is 3.86. The summed E-state index contributed by atoms with van der Waals surface area (Å²) in [6, 6.07) is 15.6. The van der Waals surface area contributed by atoms with E-state index >= 15 is 0 Å². The van der Waals surface area contributed by atoms with Crippen LogP contribution in [0.4, 0.5) is 5.82 Å². The summed E-state index contributed by atoms with van der Waals surface area (Å²) < 4.78 is 26.0. The number of benzene rings is 2. The summed E-state index contributed by atoms with van der Waals surface area (Å²) >= 11 is 0. The number of nitrogen functional groups attached to an aromatic ring is 1. The fraction of sp³-hybridized carbons (Fsp3) is 0.227. The van der Waals surface area contributed by atoms with Crippen LogP contribution < -0.4 is 5.73 Å². The average Bonchev–Trinajstić information content (AvgIpc) is 3.03. The fourth-order valence-electron chi connectivity index (χ4n) is 3.35. The van der Waals surface area contributed by atoms with Crippen molar-refractivity contribution in [3.8, 4) is 16.9 Å². The van der Waals surface area contributed by atoms with Gasteiger partial charge >= 0.3 is 0 Å². The molecule has 4 aromatic rings. The van der Waals surface area contributed by atoms with Crippen molar-refractivity contribution in [2.24, 2.45) is 0 Å². The molecular weight excluding hydrogens is 398 g/mol. The predicted molar refractivity (Wildman–Crippen MR) is 118 cm³/mol. The van der Waals surface area contributed by atoms with Crippen LogP contribution in [-0.4, -0.2) is 34.4 Å². The predicted octanol–water partition coefficient (Wildman–Crippen LogP) is 3.90. The van der Waals surface area contributed by atoms with Crippen molar-refractivity contribution >= 4 is 26.7 Å². The summed E-state index contributed by atoms with van der Waals surface area (Å²) in [5, 5.41) is 4.76. The lowest BCUT2D eigenvalue weighted by atomic mass is 10.00. The number of hydrogen-bond acceptors (Lipinski definition) is 6. The first kappa shape index (κ1) is 20.0. The number of hydrogen-bond donors (Lipinski definition) is 1. The summed E-state index contributed by atoms with van der Waals surface area (Å²) in [7, 11) is -3.63. The average molecular weight is 422 g/mol. The molecule has 0 aliphatic carbocycles. The summed E-state index contributed by atoms with van der Waals surface area (Å²) in [5.74, 6) is 0.740. The Morgan fingerprint density at radius 1 is 1.03 bits per heavy atom. The van der Waals surface area contributed by atoms with Crippen molar-refractivity contribution < 1.29 is 8.42 Å². The molecule has 0 aliphatic rings. The number of nitrogens with two attached hydrogens (primary N) is 1. The Balaban J connectivity index is 2.02. The van der Waals surface area contributed by atoms with Gasteiger partial charge in [-0.05, 0) is 36.1 Å². The van der Waals surface area contributed by atoms with Crippen molar-refractivity contribution in [1.29, 1.82) is 0 Å². The Kier molecular flexibility index (Phi) is 4.82. The molecule has 4 rings (SSSR count). The van der Waals surface area contributed by atoms with Gasteiger partial charge in [-0.1, -0.05) is 50.2 Å². The third-order valence-electron chi connectivity index (χ3n) is 4.98. The first-order chi connectivity index (χ1) is 14.1. The van der Waals surface area contributed by atoms with E-state index in [9.17, 15) is 8.42 Å². The zero-order valence-electron chi connectivity index (χ0n) is 17.3. The molecule has 0 spiro atoms. The highest BCUT2D eigenvalue weighted by atomic mass is 32.2. The van der Waals surface area contributed by atoms with Crippen LogP contribution in [0.15, 0.2) is 53.7 Å². The van der Waals surface area contributed by atoms with E-state index in [-0.39, 0.29) is 10.8 Å². The topological polar surface area (TPSA) is 104 Å². The maximum Gasteiger partial charge on any atom is 0.249 e. The molecule has 0 saturated heterocycles. The molecule has 0 atom stereocenters. The van der Waals surface area contributed by atoms with Gasteiger partial charge in [0.05, 0.1) is 16.8 Å². The van der Waals surface area contributed by atoms with Crippen molar-refractivity contribution in [2.75, 3.05) is 12.0 Å². The maximum atomic E-state index is 12.2. The highest BCUT2D eigenvalue weighted by Crippen LogP contribution is 2.33. The van der Waals surface area contributed by atoms with Crippen LogP contribution in [0.1, 0.15) is 30.9 Å². The Morgan fingerprint density at radius 2 is 1.73 bits per heavy atom. The molecule has 8 heteroatoms. The van der Waals surface area contributed by atoms with Gasteiger partial charge in [-0.2, -0.15) is 4.98 Å². The molecule has 7 nitrogen and oxygen atoms in total. The minimum absolute atomic E-state index is 0.243. The molecule has 154 valence electrons. The maximum absolute atomic E-state index is 12.2. The molecular formula is C22H23N5O2S. The number of aromatic nitrogens is 4. The summed E-state index contributed by atoms with van der Waals surface area (Å²) in [5.41, 5.74) is 10.9. The molecule has 2 N–H and O–H groups in total. The molecule has 0 fully saturated rings. The highest BCUT2D eigenvalue weighted by molar-refractivity contribution is 7.90. The standard InChI is InChI=1S/C22H23N5O2S/c1-13(2)15-8-10-16(11-9-15)19-18-20(23)27(17-7-5-6-14(3)12-17)26-21(18)25-22(24-19)30(4,28)29/h5-13H,23H2,1-4H3. The molecule has 30 heavy (non-hydrogen) atoms. The van der Waals surface area contributed by atoms with Crippen LogP contribution in [0, 0.1) is 6.92 Å². The lowest BCUT2D eigenvalue weighted by molar-refractivity contribution is 0.593. The molecule has 0 aliphatic heterocycles. The second kappa shape index (κ2) is 7.21. The minimum Gasteiger partial charge on any atom is -0.383 e. The normalized spacial score (nSPS) is 12.0. The zero-order chi connectivity index (χ0) is 21.6. The van der Waals surface area contributed by atoms with Gasteiger partial charge < -0.3 is 5.73 Å². The van der Waals surface area contributed by atoms with E-state index in [4.69, 9.17) is 5.73 Å². The Bertz CT molecular complexity index is 1360. The van der Waals surface area contributed by atoms with E-state index in [1.54, 1.807) is 4.68 Å². The largest absolute Gasteiger partial charge is 0.383 e. The zero-order valence-corrected chi connectivity index (χ0v) is 18.1. The minimum atomic E-state index is -3.63. The SMILES string of the molecule is Cc1cccc(-n2nc3nc(S(C)(=O)=O)nc(-c4ccc(C(C)C)cc4)c3c2N)c1. The van der Waals surface area contributed by atoms with Gasteiger partial charge in [-0.25, -0.2) is 18.1 Å². The molecule has 2 aromatic heterocycles. The van der Waals surface area contributed by atoms with E-state index in [1.165, 1.54) is 5.56 Å². The molecule has 2 aromatic carbocycles. The second-order valence-electron chi connectivity index (χ2n) is 7.74. The quantitative estimate of drug-likeness (QED) is 0.501. The third-order valence-corrected chi connectivity index (χ3v) is 5.82. The van der Waals surface area contributed by atoms with Crippen LogP contribution in [0.2, 0.25) is 0 Å². The summed E-state index contributed by atoms with van der Waals surface area (Å²) in [6.45, 7) is 6.21. The Hall–Kier alpha value is -3.26. The van der Waals surface area contributed by atoms with Gasteiger partial charge in [0, 0.05) is 11.8 Å². The van der Waals surface area contributed by atoms with Crippen molar-refractivity contribution in [3.63, 3.8) is 0 Å². The molecule has 0 radical (unpaired) electrons. The van der Waals surface area contributed by atoms with Crippen molar-refractivity contribution in [3.05, 3.63) is 59.7 Å². The van der Waals surface area contributed by atoms with E-state index in [0.717, 1.165) is 23.1 Å². The van der Waals surface area contributed by atoms with Crippen LogP contribution in [0.5, 0.6) is 0 Å². The lowest BCUT2D eigenvalue weighted by Crippen LogP contribution is -2.06. The number of aryl methyl sites for hydroxylation is 1. The summed E-state index contributed by atoms with van der Waals surface area (Å²) in [4.78, 5) is 8.57. The van der Waals surface area contributed by atoms with Crippen LogP contribution in [0.3, 0.4) is 0 Å². The smallest absolute Gasteiger partial charge is 0.249 e. The number of fused-ring (bicyclic) bond motifs is 1. The number of anilines is 1. The van der Waals surface area contributed by atoms with E-state index in [1.807, 2.05) is 55.5 Å². The van der Waals surface area contributed by atoms with Crippen LogP contribution in [0.25, 0.3) is 28.0 Å².